The number of urea groups is 1. The molecule has 2 amide bonds. The van der Waals surface area contributed by atoms with Gasteiger partial charge in [0.1, 0.15) is 5.82 Å². The number of hydrogen-bond donors (Lipinski definition) is 3. The average Bonchev–Trinajstić information content (AvgIpc) is 3.08. The van der Waals surface area contributed by atoms with Gasteiger partial charge in [-0.1, -0.05) is 18.6 Å². The number of allylic oxidation sites excluding steroid dienone is 1. The zero-order valence-electron chi connectivity index (χ0n) is 17.6. The molecule has 0 aliphatic carbocycles. The minimum atomic E-state index is -0.317. The highest BCUT2D eigenvalue weighted by Gasteiger charge is 2.25. The number of hydrogen-bond acceptors (Lipinski definition) is 3. The molecule has 0 bridgehead atoms. The van der Waals surface area contributed by atoms with E-state index >= 15 is 0 Å². The Labute approximate surface area is 209 Å². The SMILES string of the molecule is O=C(Nc1ccc2[nH]cc(C3=CCN4CCCCC4CC3)c2n1)Nc1cccc(I)c1Br. The number of aromatic nitrogens is 2. The molecular weight excluding hydrogens is 581 g/mol. The van der Waals surface area contributed by atoms with E-state index in [1.54, 1.807) is 0 Å². The molecule has 1 aromatic carbocycles. The predicted molar refractivity (Wildman–Crippen MR) is 142 cm³/mol. The van der Waals surface area contributed by atoms with E-state index in [1.807, 2.05) is 30.3 Å². The summed E-state index contributed by atoms with van der Waals surface area (Å²) in [5.74, 6) is 0.532. The molecule has 1 unspecified atom stereocenters. The van der Waals surface area contributed by atoms with E-state index in [1.165, 1.54) is 37.8 Å². The van der Waals surface area contributed by atoms with Gasteiger partial charge in [-0.15, -0.1) is 0 Å². The fourth-order valence-corrected chi connectivity index (χ4v) is 5.57. The van der Waals surface area contributed by atoms with E-state index in [4.69, 9.17) is 4.98 Å². The number of nitrogens with zero attached hydrogens (tertiary/aromatic N) is 2. The summed E-state index contributed by atoms with van der Waals surface area (Å²) in [7, 11) is 0. The van der Waals surface area contributed by atoms with E-state index in [-0.39, 0.29) is 6.03 Å². The highest BCUT2D eigenvalue weighted by atomic mass is 127. The topological polar surface area (TPSA) is 73.0 Å². The lowest BCUT2D eigenvalue weighted by Crippen LogP contribution is -2.38. The second-order valence-electron chi connectivity index (χ2n) is 8.39. The van der Waals surface area contributed by atoms with Gasteiger partial charge in [0, 0.05) is 27.9 Å². The zero-order chi connectivity index (χ0) is 22.1. The third-order valence-electron chi connectivity index (χ3n) is 6.38. The molecule has 3 aromatic rings. The fourth-order valence-electron chi connectivity index (χ4n) is 4.71. The number of aromatic amines is 1. The zero-order valence-corrected chi connectivity index (χ0v) is 21.4. The molecule has 166 valence electrons. The van der Waals surface area contributed by atoms with Gasteiger partial charge in [-0.2, -0.15) is 0 Å². The van der Waals surface area contributed by atoms with Crippen LogP contribution in [-0.4, -0.2) is 40.0 Å². The van der Waals surface area contributed by atoms with Crippen molar-refractivity contribution < 1.29 is 4.79 Å². The van der Waals surface area contributed by atoms with Crippen molar-refractivity contribution in [3.8, 4) is 0 Å². The first-order valence-electron chi connectivity index (χ1n) is 11.0. The van der Waals surface area contributed by atoms with Crippen molar-refractivity contribution >= 4 is 72.7 Å². The van der Waals surface area contributed by atoms with Gasteiger partial charge in [-0.05, 0) is 101 Å². The second-order valence-corrected chi connectivity index (χ2v) is 10.3. The molecule has 0 saturated carbocycles. The number of benzene rings is 1. The molecule has 1 fully saturated rings. The summed E-state index contributed by atoms with van der Waals surface area (Å²) >= 11 is 5.75. The number of rotatable bonds is 3. The molecule has 1 saturated heterocycles. The van der Waals surface area contributed by atoms with Crippen LogP contribution < -0.4 is 10.6 Å². The summed E-state index contributed by atoms with van der Waals surface area (Å²) in [6.45, 7) is 2.22. The van der Waals surface area contributed by atoms with E-state index in [0.29, 0.717) is 11.9 Å². The van der Waals surface area contributed by atoms with Crippen LogP contribution in [0.3, 0.4) is 0 Å². The van der Waals surface area contributed by atoms with E-state index in [9.17, 15) is 4.79 Å². The molecule has 4 heterocycles. The van der Waals surface area contributed by atoms with Crippen LogP contribution in [0.5, 0.6) is 0 Å². The normalized spacial score (nSPS) is 19.2. The maximum atomic E-state index is 12.6. The summed E-state index contributed by atoms with van der Waals surface area (Å²) in [6.07, 6.45) is 10.7. The smallest absolute Gasteiger partial charge is 0.324 e. The van der Waals surface area contributed by atoms with Crippen LogP contribution in [-0.2, 0) is 0 Å². The first kappa shape index (κ1) is 21.9. The Balaban J connectivity index is 1.35. The number of anilines is 2. The molecule has 8 heteroatoms. The van der Waals surface area contributed by atoms with Crippen molar-refractivity contribution in [1.82, 2.24) is 14.9 Å². The van der Waals surface area contributed by atoms with Crippen LogP contribution in [0.25, 0.3) is 16.6 Å². The Bertz CT molecular complexity index is 1190. The minimum absolute atomic E-state index is 0.317. The number of halogens is 2. The van der Waals surface area contributed by atoms with Gasteiger partial charge in [-0.3, -0.25) is 10.2 Å². The van der Waals surface area contributed by atoms with Gasteiger partial charge in [0.15, 0.2) is 0 Å². The molecule has 2 aromatic heterocycles. The summed E-state index contributed by atoms with van der Waals surface area (Å²) in [5, 5.41) is 5.77. The highest BCUT2D eigenvalue weighted by molar-refractivity contribution is 14.1. The summed E-state index contributed by atoms with van der Waals surface area (Å²) in [5.41, 5.74) is 5.10. The number of nitrogens with one attached hydrogen (secondary N) is 3. The van der Waals surface area contributed by atoms with Gasteiger partial charge < -0.3 is 10.3 Å². The monoisotopic (exact) mass is 605 g/mol. The number of fused-ring (bicyclic) bond motifs is 2. The Hall–Kier alpha value is -1.91. The van der Waals surface area contributed by atoms with Crippen molar-refractivity contribution in [2.75, 3.05) is 23.7 Å². The van der Waals surface area contributed by atoms with Crippen molar-refractivity contribution in [3.63, 3.8) is 0 Å². The summed E-state index contributed by atoms with van der Waals surface area (Å²) in [4.78, 5) is 23.3. The van der Waals surface area contributed by atoms with Gasteiger partial charge in [0.05, 0.1) is 21.2 Å². The van der Waals surface area contributed by atoms with E-state index in [0.717, 1.165) is 43.3 Å². The van der Waals surface area contributed by atoms with Gasteiger partial charge in [-0.25, -0.2) is 9.78 Å². The molecule has 1 atom stereocenters. The van der Waals surface area contributed by atoms with Crippen molar-refractivity contribution in [1.29, 1.82) is 0 Å². The molecule has 6 nitrogen and oxygen atoms in total. The summed E-state index contributed by atoms with van der Waals surface area (Å²) in [6, 6.07) is 9.94. The van der Waals surface area contributed by atoms with Crippen molar-refractivity contribution in [2.24, 2.45) is 0 Å². The van der Waals surface area contributed by atoms with Crippen LogP contribution in [0.4, 0.5) is 16.3 Å². The lowest BCUT2D eigenvalue weighted by molar-refractivity contribution is 0.161. The standard InChI is InChI=1S/C24H25BrIN5O/c25-22-18(26)5-3-6-19(22)28-24(32)30-21-10-9-20-23(29-21)17(14-27-20)15-7-8-16-4-1-2-12-31(16)13-11-15/h3,5-6,9-11,14,16,27H,1-2,4,7-8,12-13H2,(H2,28,29,30,32). The van der Waals surface area contributed by atoms with Crippen LogP contribution >= 0.6 is 38.5 Å². The lowest BCUT2D eigenvalue weighted by atomic mass is 9.96. The fraction of sp³-hybridized carbons (Fsp3) is 0.333. The third-order valence-corrected chi connectivity index (χ3v) is 8.87. The number of H-pyrrole nitrogens is 1. The van der Waals surface area contributed by atoms with Gasteiger partial charge >= 0.3 is 6.03 Å². The van der Waals surface area contributed by atoms with Crippen LogP contribution in [0, 0.1) is 3.57 Å². The largest absolute Gasteiger partial charge is 0.359 e. The molecule has 5 rings (SSSR count). The summed E-state index contributed by atoms with van der Waals surface area (Å²) < 4.78 is 1.90. The van der Waals surface area contributed by atoms with Crippen LogP contribution in [0.2, 0.25) is 0 Å². The third kappa shape index (κ3) is 4.58. The predicted octanol–water partition coefficient (Wildman–Crippen LogP) is 6.61. The van der Waals surface area contributed by atoms with E-state index in [2.05, 4.69) is 71.3 Å². The van der Waals surface area contributed by atoms with Crippen molar-refractivity contribution in [2.45, 2.75) is 38.1 Å². The van der Waals surface area contributed by atoms with E-state index < -0.39 is 0 Å². The number of carbonyl (C=O) groups excluding carboxylic acids is 1. The van der Waals surface area contributed by atoms with Gasteiger partial charge in [0.25, 0.3) is 0 Å². The highest BCUT2D eigenvalue weighted by Crippen LogP contribution is 2.33. The number of carbonyl (C=O) groups is 1. The van der Waals surface area contributed by atoms with Crippen molar-refractivity contribution in [3.05, 3.63) is 56.2 Å². The van der Waals surface area contributed by atoms with Crippen LogP contribution in [0.1, 0.15) is 37.7 Å². The Kier molecular flexibility index (Phi) is 6.52. The molecular formula is C24H25BrIN5O. The number of pyridine rings is 1. The lowest BCUT2D eigenvalue weighted by Gasteiger charge is -2.33. The first-order chi connectivity index (χ1) is 15.6. The number of piperidine rings is 1. The Morgan fingerprint density at radius 3 is 3.00 bits per heavy atom. The molecule has 2 aliphatic heterocycles. The quantitative estimate of drug-likeness (QED) is 0.294. The molecule has 0 spiro atoms. The van der Waals surface area contributed by atoms with Gasteiger partial charge in [0.2, 0.25) is 0 Å². The maximum Gasteiger partial charge on any atom is 0.324 e. The molecule has 32 heavy (non-hydrogen) atoms. The maximum absolute atomic E-state index is 12.6. The van der Waals surface area contributed by atoms with Crippen LogP contribution in [0.15, 0.2) is 47.1 Å². The molecule has 3 N–H and O–H groups in total. The second kappa shape index (κ2) is 9.52. The average molecular weight is 606 g/mol. The number of amides is 2. The Morgan fingerprint density at radius 2 is 2.09 bits per heavy atom. The first-order valence-corrected chi connectivity index (χ1v) is 12.9. The minimum Gasteiger partial charge on any atom is -0.359 e. The molecule has 2 aliphatic rings. The Morgan fingerprint density at radius 1 is 1.19 bits per heavy atom. The molecule has 0 radical (unpaired) electrons.